The van der Waals surface area contributed by atoms with Crippen LogP contribution in [0.3, 0.4) is 0 Å². The average molecular weight is 337 g/mol. The van der Waals surface area contributed by atoms with E-state index < -0.39 is 0 Å². The molecule has 128 valence electrons. The molecule has 3 aromatic rings. The van der Waals surface area contributed by atoms with Crippen molar-refractivity contribution in [2.24, 2.45) is 4.99 Å². The zero-order chi connectivity index (χ0) is 17.5. The number of hydrogen-bond donors (Lipinski definition) is 2. The fourth-order valence-corrected chi connectivity index (χ4v) is 2.40. The Hall–Kier alpha value is -3.15. The molecule has 0 saturated heterocycles. The first-order valence-corrected chi connectivity index (χ1v) is 8.03. The second-order valence-electron chi connectivity index (χ2n) is 5.50. The maximum Gasteiger partial charge on any atom is 0.191 e. The monoisotopic (exact) mass is 337 g/mol. The lowest BCUT2D eigenvalue weighted by atomic mass is 10.2. The van der Waals surface area contributed by atoms with Gasteiger partial charge in [0.15, 0.2) is 5.96 Å². The molecule has 0 amide bonds. The van der Waals surface area contributed by atoms with Crippen molar-refractivity contribution >= 4 is 5.96 Å². The van der Waals surface area contributed by atoms with Crippen LogP contribution in [-0.4, -0.2) is 22.8 Å². The van der Waals surface area contributed by atoms with Gasteiger partial charge in [0.1, 0.15) is 5.82 Å². The van der Waals surface area contributed by atoms with E-state index in [2.05, 4.69) is 20.7 Å². The Kier molecular flexibility index (Phi) is 5.41. The van der Waals surface area contributed by atoms with E-state index in [4.69, 9.17) is 0 Å². The van der Waals surface area contributed by atoms with Crippen LogP contribution in [0.15, 0.2) is 72.0 Å². The highest BCUT2D eigenvalue weighted by atomic mass is 19.1. The van der Waals surface area contributed by atoms with Gasteiger partial charge in [-0.15, -0.1) is 0 Å². The van der Waals surface area contributed by atoms with Gasteiger partial charge in [-0.1, -0.05) is 36.4 Å². The van der Waals surface area contributed by atoms with Crippen molar-refractivity contribution in [3.05, 3.63) is 83.9 Å². The highest BCUT2D eigenvalue weighted by molar-refractivity contribution is 5.79. The van der Waals surface area contributed by atoms with E-state index in [1.165, 1.54) is 6.07 Å². The van der Waals surface area contributed by atoms with Crippen LogP contribution in [-0.2, 0) is 13.1 Å². The molecule has 0 fully saturated rings. The van der Waals surface area contributed by atoms with Crippen molar-refractivity contribution < 1.29 is 4.39 Å². The van der Waals surface area contributed by atoms with E-state index >= 15 is 0 Å². The SMILES string of the molecule is CN=C(NCc1cnn(-c2ccccc2)c1)NCc1ccccc1F. The van der Waals surface area contributed by atoms with Crippen LogP contribution in [0.1, 0.15) is 11.1 Å². The number of benzene rings is 2. The molecule has 0 radical (unpaired) electrons. The summed E-state index contributed by atoms with van der Waals surface area (Å²) in [5, 5.41) is 10.7. The summed E-state index contributed by atoms with van der Waals surface area (Å²) in [7, 11) is 1.68. The van der Waals surface area contributed by atoms with E-state index in [1.807, 2.05) is 53.5 Å². The van der Waals surface area contributed by atoms with E-state index in [0.29, 0.717) is 24.6 Å². The molecule has 3 rings (SSSR count). The summed E-state index contributed by atoms with van der Waals surface area (Å²) in [5.74, 6) is 0.380. The van der Waals surface area contributed by atoms with E-state index in [-0.39, 0.29) is 5.82 Å². The molecule has 0 unspecified atom stereocenters. The Morgan fingerprint density at radius 1 is 1.04 bits per heavy atom. The summed E-state index contributed by atoms with van der Waals surface area (Å²) in [6.45, 7) is 0.944. The first kappa shape index (κ1) is 16.7. The second kappa shape index (κ2) is 8.10. The molecule has 5 nitrogen and oxygen atoms in total. The summed E-state index contributed by atoms with van der Waals surface area (Å²) in [6.07, 6.45) is 3.77. The number of aromatic nitrogens is 2. The highest BCUT2D eigenvalue weighted by Crippen LogP contribution is 2.08. The number of nitrogens with zero attached hydrogens (tertiary/aromatic N) is 3. The van der Waals surface area contributed by atoms with Crippen LogP contribution in [0.5, 0.6) is 0 Å². The number of halogens is 1. The Morgan fingerprint density at radius 2 is 1.76 bits per heavy atom. The van der Waals surface area contributed by atoms with Crippen molar-refractivity contribution in [1.82, 2.24) is 20.4 Å². The fraction of sp³-hybridized carbons (Fsp3) is 0.158. The summed E-state index contributed by atoms with van der Waals surface area (Å²) in [6, 6.07) is 16.6. The minimum atomic E-state index is -0.227. The van der Waals surface area contributed by atoms with E-state index in [9.17, 15) is 4.39 Å². The van der Waals surface area contributed by atoms with Gasteiger partial charge in [0, 0.05) is 37.5 Å². The second-order valence-corrected chi connectivity index (χ2v) is 5.50. The van der Waals surface area contributed by atoms with Crippen LogP contribution in [0.25, 0.3) is 5.69 Å². The molecule has 0 aliphatic carbocycles. The van der Waals surface area contributed by atoms with Gasteiger partial charge in [0.2, 0.25) is 0 Å². The lowest BCUT2D eigenvalue weighted by Crippen LogP contribution is -2.36. The molecule has 2 aromatic carbocycles. The van der Waals surface area contributed by atoms with E-state index in [0.717, 1.165) is 11.3 Å². The Balaban J connectivity index is 1.55. The van der Waals surface area contributed by atoms with Gasteiger partial charge in [-0.25, -0.2) is 9.07 Å². The Morgan fingerprint density at radius 3 is 2.52 bits per heavy atom. The summed E-state index contributed by atoms with van der Waals surface area (Å²) >= 11 is 0. The van der Waals surface area contributed by atoms with Crippen LogP contribution in [0.2, 0.25) is 0 Å². The van der Waals surface area contributed by atoms with Crippen molar-refractivity contribution in [1.29, 1.82) is 0 Å². The molecule has 0 aliphatic heterocycles. The average Bonchev–Trinajstić information content (AvgIpc) is 3.13. The van der Waals surface area contributed by atoms with Crippen LogP contribution >= 0.6 is 0 Å². The minimum Gasteiger partial charge on any atom is -0.352 e. The molecule has 0 atom stereocenters. The lowest BCUT2D eigenvalue weighted by molar-refractivity contribution is 0.604. The van der Waals surface area contributed by atoms with Gasteiger partial charge >= 0.3 is 0 Å². The molecule has 6 heteroatoms. The molecule has 0 spiro atoms. The summed E-state index contributed by atoms with van der Waals surface area (Å²) in [4.78, 5) is 4.16. The fourth-order valence-electron chi connectivity index (χ4n) is 2.40. The molecule has 2 N–H and O–H groups in total. The summed E-state index contributed by atoms with van der Waals surface area (Å²) in [5.41, 5.74) is 2.64. The number of nitrogens with one attached hydrogen (secondary N) is 2. The molecule has 0 bridgehead atoms. The van der Waals surface area contributed by atoms with Gasteiger partial charge in [0.25, 0.3) is 0 Å². The normalized spacial score (nSPS) is 11.4. The van der Waals surface area contributed by atoms with Crippen molar-refractivity contribution in [3.8, 4) is 5.69 Å². The maximum atomic E-state index is 13.6. The Labute approximate surface area is 146 Å². The number of hydrogen-bond acceptors (Lipinski definition) is 2. The molecule has 1 heterocycles. The topological polar surface area (TPSA) is 54.2 Å². The number of aliphatic imine (C=N–C) groups is 1. The van der Waals surface area contributed by atoms with Crippen molar-refractivity contribution in [2.45, 2.75) is 13.1 Å². The molecule has 0 saturated carbocycles. The lowest BCUT2D eigenvalue weighted by Gasteiger charge is -2.11. The molecular weight excluding hydrogens is 317 g/mol. The van der Waals surface area contributed by atoms with Gasteiger partial charge in [-0.3, -0.25) is 4.99 Å². The summed E-state index contributed by atoms with van der Waals surface area (Å²) < 4.78 is 15.5. The van der Waals surface area contributed by atoms with Crippen molar-refractivity contribution in [3.63, 3.8) is 0 Å². The predicted molar refractivity (Wildman–Crippen MR) is 97.0 cm³/mol. The smallest absolute Gasteiger partial charge is 0.191 e. The Bertz CT molecular complexity index is 842. The molecule has 25 heavy (non-hydrogen) atoms. The molecular formula is C19H20FN5. The van der Waals surface area contributed by atoms with Crippen LogP contribution < -0.4 is 10.6 Å². The van der Waals surface area contributed by atoms with Crippen LogP contribution in [0.4, 0.5) is 4.39 Å². The predicted octanol–water partition coefficient (Wildman–Crippen LogP) is 2.88. The zero-order valence-corrected chi connectivity index (χ0v) is 14.0. The van der Waals surface area contributed by atoms with Gasteiger partial charge in [-0.05, 0) is 18.2 Å². The maximum absolute atomic E-state index is 13.6. The van der Waals surface area contributed by atoms with Crippen molar-refractivity contribution in [2.75, 3.05) is 7.05 Å². The van der Waals surface area contributed by atoms with Gasteiger partial charge in [0.05, 0.1) is 11.9 Å². The largest absolute Gasteiger partial charge is 0.352 e. The van der Waals surface area contributed by atoms with Crippen LogP contribution in [0, 0.1) is 5.82 Å². The standard InChI is InChI=1S/C19H20FN5/c1-21-19(23-13-16-7-5-6-10-18(16)20)22-11-15-12-24-25(14-15)17-8-3-2-4-9-17/h2-10,12,14H,11,13H2,1H3,(H2,21,22,23). The zero-order valence-electron chi connectivity index (χ0n) is 14.0. The number of guanidine groups is 1. The molecule has 0 aliphatic rings. The highest BCUT2D eigenvalue weighted by Gasteiger charge is 2.04. The number of rotatable bonds is 5. The van der Waals surface area contributed by atoms with Gasteiger partial charge in [-0.2, -0.15) is 5.10 Å². The third-order valence-electron chi connectivity index (χ3n) is 3.74. The number of para-hydroxylation sites is 1. The van der Waals surface area contributed by atoms with Gasteiger partial charge < -0.3 is 10.6 Å². The molecule has 1 aromatic heterocycles. The first-order valence-electron chi connectivity index (χ1n) is 8.03. The third-order valence-corrected chi connectivity index (χ3v) is 3.74. The first-order chi connectivity index (χ1) is 12.3. The quantitative estimate of drug-likeness (QED) is 0.556. The third kappa shape index (κ3) is 4.44. The minimum absolute atomic E-state index is 0.227. The van der Waals surface area contributed by atoms with E-state index in [1.54, 1.807) is 19.2 Å².